The van der Waals surface area contributed by atoms with Crippen LogP contribution in [0.5, 0.6) is 0 Å². The van der Waals surface area contributed by atoms with E-state index in [0.717, 1.165) is 0 Å². The standard InChI is InChI=1S/C21H17FN4O4/c1-12-9-14(22)4-6-17(12)26-8-7-16(24-26)20(28)25-11-19(27)23-15-5-3-13(10-18(15)25)21(29)30-2/h3-10H,11H2,1-2H3,(H,23,27). The van der Waals surface area contributed by atoms with Crippen LogP contribution < -0.4 is 10.2 Å². The van der Waals surface area contributed by atoms with E-state index in [-0.39, 0.29) is 29.5 Å². The summed E-state index contributed by atoms with van der Waals surface area (Å²) in [6.45, 7) is 1.51. The van der Waals surface area contributed by atoms with Gasteiger partial charge in [0.1, 0.15) is 12.4 Å². The summed E-state index contributed by atoms with van der Waals surface area (Å²) in [7, 11) is 1.26. The van der Waals surface area contributed by atoms with Crippen LogP contribution in [-0.4, -0.2) is 41.2 Å². The van der Waals surface area contributed by atoms with Crippen LogP contribution in [0.4, 0.5) is 15.8 Å². The van der Waals surface area contributed by atoms with E-state index in [4.69, 9.17) is 4.74 Å². The van der Waals surface area contributed by atoms with E-state index in [0.29, 0.717) is 22.6 Å². The Labute approximate surface area is 170 Å². The molecule has 3 aromatic rings. The van der Waals surface area contributed by atoms with Gasteiger partial charge in [-0.15, -0.1) is 0 Å². The Bertz CT molecular complexity index is 1190. The highest BCUT2D eigenvalue weighted by molar-refractivity contribution is 6.15. The van der Waals surface area contributed by atoms with Gasteiger partial charge >= 0.3 is 5.97 Å². The van der Waals surface area contributed by atoms with Crippen molar-refractivity contribution in [2.45, 2.75) is 6.92 Å². The fourth-order valence-corrected chi connectivity index (χ4v) is 3.29. The first-order valence-electron chi connectivity index (χ1n) is 9.03. The Hall–Kier alpha value is -4.01. The molecule has 2 amide bonds. The third kappa shape index (κ3) is 3.41. The molecule has 30 heavy (non-hydrogen) atoms. The van der Waals surface area contributed by atoms with E-state index < -0.39 is 11.9 Å². The van der Waals surface area contributed by atoms with Crippen LogP contribution in [0.1, 0.15) is 26.4 Å². The number of aryl methyl sites for hydroxylation is 1. The molecule has 0 atom stereocenters. The number of nitrogens with one attached hydrogen (secondary N) is 1. The molecule has 8 nitrogen and oxygen atoms in total. The molecule has 0 radical (unpaired) electrons. The molecule has 4 rings (SSSR count). The van der Waals surface area contributed by atoms with Gasteiger partial charge in [0.05, 0.1) is 29.7 Å². The molecular weight excluding hydrogens is 391 g/mol. The topological polar surface area (TPSA) is 93.5 Å². The fraction of sp³-hybridized carbons (Fsp3) is 0.143. The fourth-order valence-electron chi connectivity index (χ4n) is 3.29. The van der Waals surface area contributed by atoms with Crippen LogP contribution in [0.2, 0.25) is 0 Å². The Morgan fingerprint density at radius 2 is 1.93 bits per heavy atom. The van der Waals surface area contributed by atoms with Crippen molar-refractivity contribution >= 4 is 29.2 Å². The lowest BCUT2D eigenvalue weighted by atomic mass is 10.1. The van der Waals surface area contributed by atoms with Gasteiger partial charge in [-0.3, -0.25) is 14.5 Å². The normalized spacial score (nSPS) is 12.9. The highest BCUT2D eigenvalue weighted by atomic mass is 19.1. The number of rotatable bonds is 3. The average Bonchev–Trinajstić information content (AvgIpc) is 3.21. The summed E-state index contributed by atoms with van der Waals surface area (Å²) in [5.41, 5.74) is 2.40. The number of hydrogen-bond donors (Lipinski definition) is 1. The largest absolute Gasteiger partial charge is 0.465 e. The second-order valence-corrected chi connectivity index (χ2v) is 6.74. The van der Waals surface area contributed by atoms with Gasteiger partial charge in [-0.25, -0.2) is 13.9 Å². The molecule has 0 aliphatic carbocycles. The van der Waals surface area contributed by atoms with Crippen molar-refractivity contribution in [3.05, 3.63) is 71.3 Å². The first-order chi connectivity index (χ1) is 14.4. The van der Waals surface area contributed by atoms with Gasteiger partial charge in [-0.2, -0.15) is 5.10 Å². The molecule has 0 fully saturated rings. The Morgan fingerprint density at radius 3 is 2.67 bits per heavy atom. The first-order valence-corrected chi connectivity index (χ1v) is 9.03. The lowest BCUT2D eigenvalue weighted by molar-refractivity contribution is -0.115. The van der Waals surface area contributed by atoms with Crippen molar-refractivity contribution in [1.29, 1.82) is 0 Å². The number of hydrogen-bond acceptors (Lipinski definition) is 5. The monoisotopic (exact) mass is 408 g/mol. The van der Waals surface area contributed by atoms with E-state index in [2.05, 4.69) is 10.4 Å². The molecule has 1 aliphatic rings. The number of halogens is 1. The number of fused-ring (bicyclic) bond motifs is 1. The van der Waals surface area contributed by atoms with Crippen molar-refractivity contribution in [1.82, 2.24) is 9.78 Å². The number of carbonyl (C=O) groups excluding carboxylic acids is 3. The van der Waals surface area contributed by atoms with Gasteiger partial charge in [0.25, 0.3) is 5.91 Å². The third-order valence-corrected chi connectivity index (χ3v) is 4.74. The molecule has 9 heteroatoms. The van der Waals surface area contributed by atoms with Crippen molar-refractivity contribution in [3.8, 4) is 5.69 Å². The van der Waals surface area contributed by atoms with Gasteiger partial charge in [0.2, 0.25) is 5.91 Å². The third-order valence-electron chi connectivity index (χ3n) is 4.74. The number of ether oxygens (including phenoxy) is 1. The summed E-state index contributed by atoms with van der Waals surface area (Å²) < 4.78 is 19.6. The maximum atomic E-state index is 13.4. The lowest BCUT2D eigenvalue weighted by Gasteiger charge is -2.29. The molecule has 1 aromatic heterocycles. The molecule has 2 aromatic carbocycles. The molecule has 152 valence electrons. The predicted molar refractivity (Wildman–Crippen MR) is 106 cm³/mol. The number of carbonyl (C=O) groups is 3. The minimum atomic E-state index is -0.557. The minimum Gasteiger partial charge on any atom is -0.465 e. The van der Waals surface area contributed by atoms with Gasteiger partial charge in [0, 0.05) is 6.20 Å². The Balaban J connectivity index is 1.70. The number of amides is 2. The van der Waals surface area contributed by atoms with Gasteiger partial charge in [-0.05, 0) is 55.0 Å². The zero-order chi connectivity index (χ0) is 21.4. The summed E-state index contributed by atoms with van der Waals surface area (Å²) >= 11 is 0. The van der Waals surface area contributed by atoms with Crippen LogP contribution in [0.15, 0.2) is 48.7 Å². The number of esters is 1. The van der Waals surface area contributed by atoms with Crippen molar-refractivity contribution in [2.24, 2.45) is 0 Å². The summed E-state index contributed by atoms with van der Waals surface area (Å²) in [5, 5.41) is 6.98. The Kier molecular flexibility index (Phi) is 4.78. The first kappa shape index (κ1) is 19.3. The molecule has 0 saturated heterocycles. The van der Waals surface area contributed by atoms with Crippen LogP contribution in [0.3, 0.4) is 0 Å². The number of methoxy groups -OCH3 is 1. The SMILES string of the molecule is COC(=O)c1ccc2c(c1)N(C(=O)c1ccn(-c3ccc(F)cc3C)n1)CC(=O)N2. The van der Waals surface area contributed by atoms with Crippen LogP contribution in [-0.2, 0) is 9.53 Å². The summed E-state index contributed by atoms with van der Waals surface area (Å²) in [6.07, 6.45) is 1.59. The second kappa shape index (κ2) is 7.43. The van der Waals surface area contributed by atoms with Gasteiger partial charge in [0.15, 0.2) is 5.69 Å². The molecule has 2 heterocycles. The molecule has 1 aliphatic heterocycles. The van der Waals surface area contributed by atoms with E-state index in [1.54, 1.807) is 25.3 Å². The van der Waals surface area contributed by atoms with Crippen LogP contribution in [0, 0.1) is 12.7 Å². The molecule has 0 unspecified atom stereocenters. The van der Waals surface area contributed by atoms with Crippen molar-refractivity contribution in [3.63, 3.8) is 0 Å². The molecule has 1 N–H and O–H groups in total. The number of nitrogens with zero attached hydrogens (tertiary/aromatic N) is 3. The molecular formula is C21H17FN4O4. The summed E-state index contributed by atoms with van der Waals surface area (Å²) in [5.74, 6) is -1.79. The van der Waals surface area contributed by atoms with Crippen LogP contribution in [0.25, 0.3) is 5.69 Å². The van der Waals surface area contributed by atoms with E-state index >= 15 is 0 Å². The zero-order valence-electron chi connectivity index (χ0n) is 16.2. The van der Waals surface area contributed by atoms with E-state index in [1.807, 2.05) is 0 Å². The number of anilines is 2. The minimum absolute atomic E-state index is 0.0999. The predicted octanol–water partition coefficient (Wildman–Crippen LogP) is 2.71. The molecule has 0 spiro atoms. The molecule has 0 saturated carbocycles. The highest BCUT2D eigenvalue weighted by Gasteiger charge is 2.30. The Morgan fingerprint density at radius 1 is 1.13 bits per heavy atom. The number of benzene rings is 2. The summed E-state index contributed by atoms with van der Waals surface area (Å²) in [6, 6.07) is 10.3. The zero-order valence-corrected chi connectivity index (χ0v) is 16.2. The lowest BCUT2D eigenvalue weighted by Crippen LogP contribution is -2.42. The highest BCUT2D eigenvalue weighted by Crippen LogP contribution is 2.32. The van der Waals surface area contributed by atoms with Gasteiger partial charge < -0.3 is 10.1 Å². The summed E-state index contributed by atoms with van der Waals surface area (Å²) in [4.78, 5) is 38.4. The maximum absolute atomic E-state index is 13.4. The maximum Gasteiger partial charge on any atom is 0.337 e. The smallest absolute Gasteiger partial charge is 0.337 e. The molecule has 0 bridgehead atoms. The quantitative estimate of drug-likeness (QED) is 0.673. The van der Waals surface area contributed by atoms with Crippen LogP contribution >= 0.6 is 0 Å². The second-order valence-electron chi connectivity index (χ2n) is 6.74. The average molecular weight is 408 g/mol. The van der Waals surface area contributed by atoms with Crippen molar-refractivity contribution < 1.29 is 23.5 Å². The van der Waals surface area contributed by atoms with Crippen molar-refractivity contribution in [2.75, 3.05) is 23.9 Å². The van der Waals surface area contributed by atoms with Gasteiger partial charge in [-0.1, -0.05) is 0 Å². The number of aromatic nitrogens is 2. The van der Waals surface area contributed by atoms with E-state index in [1.165, 1.54) is 47.0 Å². The van der Waals surface area contributed by atoms with E-state index in [9.17, 15) is 18.8 Å².